The van der Waals surface area contributed by atoms with Crippen molar-refractivity contribution in [2.45, 2.75) is 58.4 Å². The molecule has 0 saturated heterocycles. The minimum absolute atomic E-state index is 0.142. The van der Waals surface area contributed by atoms with E-state index in [9.17, 15) is 0 Å². The molecular weight excluding hydrogens is 196 g/mol. The van der Waals surface area contributed by atoms with Crippen molar-refractivity contribution in [3.63, 3.8) is 0 Å². The summed E-state index contributed by atoms with van der Waals surface area (Å²) in [6, 6.07) is 3.16. The molecule has 2 bridgehead atoms. The lowest BCUT2D eigenvalue weighted by Crippen LogP contribution is -2.34. The molecule has 2 heteroatoms. The standard InChI is InChI=1S/C14H24N2/c1-14(2,10-15)6-3-7-16-13-9-11-4-5-12(13)8-11/h11-13,16H,3-9H2,1-2H3. The third-order valence-corrected chi connectivity index (χ3v) is 4.43. The summed E-state index contributed by atoms with van der Waals surface area (Å²) in [5.41, 5.74) is -0.142. The predicted octanol–water partition coefficient (Wildman–Crippen LogP) is 3.09. The third kappa shape index (κ3) is 2.77. The molecule has 2 rings (SSSR count). The molecule has 0 aromatic carbocycles. The monoisotopic (exact) mass is 220 g/mol. The van der Waals surface area contributed by atoms with Crippen LogP contribution in [0.3, 0.4) is 0 Å². The van der Waals surface area contributed by atoms with Crippen LogP contribution in [0.2, 0.25) is 0 Å². The Morgan fingerprint density at radius 2 is 2.12 bits per heavy atom. The summed E-state index contributed by atoms with van der Waals surface area (Å²) in [4.78, 5) is 0. The average molecular weight is 220 g/mol. The maximum absolute atomic E-state index is 8.92. The second-order valence-electron chi connectivity index (χ2n) is 6.33. The molecule has 0 spiro atoms. The molecular formula is C14H24N2. The lowest BCUT2D eigenvalue weighted by atomic mass is 9.89. The summed E-state index contributed by atoms with van der Waals surface area (Å²) < 4.78 is 0. The minimum Gasteiger partial charge on any atom is -0.314 e. The molecule has 0 aromatic rings. The SMILES string of the molecule is CC(C)(C#N)CCCNC1CC2CCC1C2. The first kappa shape index (κ1) is 11.9. The molecule has 2 aliphatic carbocycles. The van der Waals surface area contributed by atoms with E-state index in [4.69, 9.17) is 5.26 Å². The molecule has 3 atom stereocenters. The van der Waals surface area contributed by atoms with E-state index >= 15 is 0 Å². The van der Waals surface area contributed by atoms with Gasteiger partial charge in [0.25, 0.3) is 0 Å². The van der Waals surface area contributed by atoms with Crippen LogP contribution in [0.25, 0.3) is 0 Å². The van der Waals surface area contributed by atoms with Gasteiger partial charge in [-0.25, -0.2) is 0 Å². The number of nitrogens with one attached hydrogen (secondary N) is 1. The molecule has 0 aromatic heterocycles. The van der Waals surface area contributed by atoms with Gasteiger partial charge in [-0.2, -0.15) is 5.26 Å². The van der Waals surface area contributed by atoms with E-state index in [0.717, 1.165) is 37.3 Å². The minimum atomic E-state index is -0.142. The van der Waals surface area contributed by atoms with Crippen molar-refractivity contribution in [2.75, 3.05) is 6.54 Å². The van der Waals surface area contributed by atoms with Gasteiger partial charge in [0, 0.05) is 6.04 Å². The van der Waals surface area contributed by atoms with Gasteiger partial charge >= 0.3 is 0 Å². The van der Waals surface area contributed by atoms with Crippen molar-refractivity contribution in [3.05, 3.63) is 0 Å². The van der Waals surface area contributed by atoms with Gasteiger partial charge in [0.1, 0.15) is 0 Å². The van der Waals surface area contributed by atoms with Crippen molar-refractivity contribution in [1.82, 2.24) is 5.32 Å². The fraction of sp³-hybridized carbons (Fsp3) is 0.929. The summed E-state index contributed by atoms with van der Waals surface area (Å²) in [5, 5.41) is 12.6. The number of nitriles is 1. The van der Waals surface area contributed by atoms with E-state index in [1.165, 1.54) is 25.7 Å². The van der Waals surface area contributed by atoms with E-state index in [-0.39, 0.29) is 5.41 Å². The smallest absolute Gasteiger partial charge is 0.0683 e. The van der Waals surface area contributed by atoms with Crippen molar-refractivity contribution >= 4 is 0 Å². The Kier molecular flexibility index (Phi) is 3.54. The maximum atomic E-state index is 8.92. The number of hydrogen-bond donors (Lipinski definition) is 1. The maximum Gasteiger partial charge on any atom is 0.0683 e. The molecule has 3 unspecified atom stereocenters. The first-order valence-corrected chi connectivity index (χ1v) is 6.75. The summed E-state index contributed by atoms with van der Waals surface area (Å²) >= 11 is 0. The van der Waals surface area contributed by atoms with Gasteiger partial charge in [0.05, 0.1) is 11.5 Å². The normalized spacial score (nSPS) is 32.9. The number of hydrogen-bond acceptors (Lipinski definition) is 2. The van der Waals surface area contributed by atoms with Crippen LogP contribution in [0.5, 0.6) is 0 Å². The lowest BCUT2D eigenvalue weighted by molar-refractivity contribution is 0.339. The summed E-state index contributed by atoms with van der Waals surface area (Å²) in [7, 11) is 0. The van der Waals surface area contributed by atoms with E-state index in [0.29, 0.717) is 0 Å². The number of nitrogens with zero attached hydrogens (tertiary/aromatic N) is 1. The zero-order valence-corrected chi connectivity index (χ0v) is 10.6. The Hall–Kier alpha value is -0.550. The fourth-order valence-corrected chi connectivity index (χ4v) is 3.37. The average Bonchev–Trinajstić information content (AvgIpc) is 2.86. The van der Waals surface area contributed by atoms with Gasteiger partial charge < -0.3 is 5.32 Å². The van der Waals surface area contributed by atoms with Crippen molar-refractivity contribution in [1.29, 1.82) is 5.26 Å². The highest BCUT2D eigenvalue weighted by molar-refractivity contribution is 4.94. The van der Waals surface area contributed by atoms with E-state index in [1.54, 1.807) is 0 Å². The van der Waals surface area contributed by atoms with Crippen molar-refractivity contribution < 1.29 is 0 Å². The summed E-state index contributed by atoms with van der Waals surface area (Å²) in [5.74, 6) is 1.99. The molecule has 16 heavy (non-hydrogen) atoms. The van der Waals surface area contributed by atoms with Crippen LogP contribution >= 0.6 is 0 Å². The molecule has 0 radical (unpaired) electrons. The molecule has 2 saturated carbocycles. The van der Waals surface area contributed by atoms with Gasteiger partial charge in [-0.05, 0) is 64.3 Å². The van der Waals surface area contributed by atoms with Crippen molar-refractivity contribution in [3.8, 4) is 6.07 Å². The van der Waals surface area contributed by atoms with Crippen LogP contribution in [0.4, 0.5) is 0 Å². The molecule has 90 valence electrons. The first-order chi connectivity index (χ1) is 7.61. The second-order valence-corrected chi connectivity index (χ2v) is 6.33. The van der Waals surface area contributed by atoms with Gasteiger partial charge in [-0.15, -0.1) is 0 Å². The van der Waals surface area contributed by atoms with Gasteiger partial charge in [0.15, 0.2) is 0 Å². The predicted molar refractivity (Wildman–Crippen MR) is 65.9 cm³/mol. The Morgan fingerprint density at radius 1 is 1.31 bits per heavy atom. The van der Waals surface area contributed by atoms with Crippen molar-refractivity contribution in [2.24, 2.45) is 17.3 Å². The Morgan fingerprint density at radius 3 is 2.69 bits per heavy atom. The highest BCUT2D eigenvalue weighted by Gasteiger charge is 2.38. The number of rotatable bonds is 5. The highest BCUT2D eigenvalue weighted by Crippen LogP contribution is 2.44. The van der Waals surface area contributed by atoms with E-state index < -0.39 is 0 Å². The van der Waals surface area contributed by atoms with E-state index in [2.05, 4.69) is 11.4 Å². The van der Waals surface area contributed by atoms with Gasteiger partial charge in [-0.1, -0.05) is 6.42 Å². The van der Waals surface area contributed by atoms with Crippen LogP contribution in [-0.2, 0) is 0 Å². The van der Waals surface area contributed by atoms with Crippen LogP contribution in [0.1, 0.15) is 52.4 Å². The second kappa shape index (κ2) is 4.75. The molecule has 1 N–H and O–H groups in total. The topological polar surface area (TPSA) is 35.8 Å². The van der Waals surface area contributed by atoms with E-state index in [1.807, 2.05) is 13.8 Å². The molecule has 2 aliphatic rings. The summed E-state index contributed by atoms with van der Waals surface area (Å²) in [6.45, 7) is 5.16. The number of fused-ring (bicyclic) bond motifs is 2. The lowest BCUT2D eigenvalue weighted by Gasteiger charge is -2.23. The van der Waals surface area contributed by atoms with Crippen LogP contribution in [-0.4, -0.2) is 12.6 Å². The highest BCUT2D eigenvalue weighted by atomic mass is 14.9. The van der Waals surface area contributed by atoms with Crippen LogP contribution in [0, 0.1) is 28.6 Å². The quantitative estimate of drug-likeness (QED) is 0.723. The molecule has 2 nitrogen and oxygen atoms in total. The zero-order valence-electron chi connectivity index (χ0n) is 10.6. The molecule has 2 fully saturated rings. The largest absolute Gasteiger partial charge is 0.314 e. The Bertz CT molecular complexity index is 277. The summed E-state index contributed by atoms with van der Waals surface area (Å²) in [6.07, 6.45) is 7.95. The van der Waals surface area contributed by atoms with Crippen LogP contribution in [0.15, 0.2) is 0 Å². The molecule has 0 heterocycles. The Labute approximate surface area is 99.4 Å². The Balaban J connectivity index is 1.61. The fourth-order valence-electron chi connectivity index (χ4n) is 3.37. The molecule has 0 amide bonds. The van der Waals surface area contributed by atoms with Gasteiger partial charge in [0.2, 0.25) is 0 Å². The van der Waals surface area contributed by atoms with Crippen LogP contribution < -0.4 is 5.32 Å². The third-order valence-electron chi connectivity index (χ3n) is 4.43. The molecule has 0 aliphatic heterocycles. The first-order valence-electron chi connectivity index (χ1n) is 6.75. The zero-order chi connectivity index (χ0) is 11.6. The van der Waals surface area contributed by atoms with Gasteiger partial charge in [-0.3, -0.25) is 0 Å².